The molecule has 1 aromatic carbocycles. The number of fused-ring (bicyclic) bond motifs is 1. The van der Waals surface area contributed by atoms with E-state index in [0.29, 0.717) is 6.04 Å². The number of nitrogens with zero attached hydrogens (tertiary/aromatic N) is 1. The van der Waals surface area contributed by atoms with Gasteiger partial charge in [-0.2, -0.15) is 0 Å². The maximum absolute atomic E-state index is 12.6. The molecule has 2 aliphatic heterocycles. The molecule has 2 unspecified atom stereocenters. The molecule has 21 heavy (non-hydrogen) atoms. The first kappa shape index (κ1) is 13.3. The Labute approximate surface area is 125 Å². The van der Waals surface area contributed by atoms with Crippen LogP contribution in [0.3, 0.4) is 0 Å². The molecule has 0 spiro atoms. The summed E-state index contributed by atoms with van der Waals surface area (Å²) < 4.78 is 0. The molecule has 1 saturated carbocycles. The van der Waals surface area contributed by atoms with Crippen LogP contribution in [0.1, 0.15) is 36.4 Å². The van der Waals surface area contributed by atoms with Crippen molar-refractivity contribution in [2.75, 3.05) is 19.6 Å². The van der Waals surface area contributed by atoms with Gasteiger partial charge >= 0.3 is 0 Å². The summed E-state index contributed by atoms with van der Waals surface area (Å²) >= 11 is 0. The van der Waals surface area contributed by atoms with E-state index in [1.165, 1.54) is 18.4 Å². The van der Waals surface area contributed by atoms with E-state index in [0.717, 1.165) is 44.1 Å². The van der Waals surface area contributed by atoms with E-state index in [4.69, 9.17) is 0 Å². The standard InChI is InChI=1S/C17H23N3O/c21-17(19-13-8-10-20(11-13)14-5-6-14)16-15-4-2-1-3-12(15)7-9-18-16/h1-4,13-14,16,18H,5-11H2,(H,19,21). The maximum Gasteiger partial charge on any atom is 0.242 e. The Morgan fingerprint density at radius 3 is 2.95 bits per heavy atom. The lowest BCUT2D eigenvalue weighted by atomic mass is 9.94. The lowest BCUT2D eigenvalue weighted by Crippen LogP contribution is -2.46. The summed E-state index contributed by atoms with van der Waals surface area (Å²) in [5.41, 5.74) is 2.46. The molecular formula is C17H23N3O. The zero-order valence-electron chi connectivity index (χ0n) is 12.3. The summed E-state index contributed by atoms with van der Waals surface area (Å²) in [5, 5.41) is 6.63. The normalized spacial score (nSPS) is 29.1. The highest BCUT2D eigenvalue weighted by molar-refractivity contribution is 5.84. The zero-order valence-corrected chi connectivity index (χ0v) is 12.3. The van der Waals surface area contributed by atoms with E-state index < -0.39 is 0 Å². The predicted molar refractivity (Wildman–Crippen MR) is 82.0 cm³/mol. The van der Waals surface area contributed by atoms with Gasteiger partial charge in [-0.05, 0) is 36.8 Å². The molecule has 112 valence electrons. The molecule has 4 nitrogen and oxygen atoms in total. The van der Waals surface area contributed by atoms with Gasteiger partial charge in [0.15, 0.2) is 0 Å². The van der Waals surface area contributed by atoms with Crippen LogP contribution in [0.15, 0.2) is 24.3 Å². The SMILES string of the molecule is O=C(NC1CCN(C2CC2)C1)C1NCCc2ccccc21. The Morgan fingerprint density at radius 2 is 2.10 bits per heavy atom. The maximum atomic E-state index is 12.6. The molecule has 2 atom stereocenters. The average molecular weight is 285 g/mol. The first-order chi connectivity index (χ1) is 10.3. The number of likely N-dealkylation sites (tertiary alicyclic amines) is 1. The minimum absolute atomic E-state index is 0.143. The Hall–Kier alpha value is -1.39. The van der Waals surface area contributed by atoms with Gasteiger partial charge in [0.2, 0.25) is 5.91 Å². The second-order valence-corrected chi connectivity index (χ2v) is 6.56. The van der Waals surface area contributed by atoms with Gasteiger partial charge in [-0.25, -0.2) is 0 Å². The third kappa shape index (κ3) is 2.70. The molecule has 0 radical (unpaired) electrons. The third-order valence-corrected chi connectivity index (χ3v) is 5.00. The fourth-order valence-corrected chi connectivity index (χ4v) is 3.70. The van der Waals surface area contributed by atoms with Gasteiger partial charge in [-0.1, -0.05) is 24.3 Å². The van der Waals surface area contributed by atoms with Gasteiger partial charge < -0.3 is 10.6 Å². The number of nitrogens with one attached hydrogen (secondary N) is 2. The zero-order chi connectivity index (χ0) is 14.2. The minimum atomic E-state index is -0.176. The first-order valence-electron chi connectivity index (χ1n) is 8.17. The van der Waals surface area contributed by atoms with E-state index in [1.54, 1.807) is 0 Å². The fraction of sp³-hybridized carbons (Fsp3) is 0.588. The molecule has 1 saturated heterocycles. The first-order valence-corrected chi connectivity index (χ1v) is 8.17. The van der Waals surface area contributed by atoms with Crippen molar-refractivity contribution in [1.82, 2.24) is 15.5 Å². The molecule has 2 N–H and O–H groups in total. The topological polar surface area (TPSA) is 44.4 Å². The van der Waals surface area contributed by atoms with Crippen molar-refractivity contribution in [3.8, 4) is 0 Å². The molecule has 2 fully saturated rings. The second-order valence-electron chi connectivity index (χ2n) is 6.56. The monoisotopic (exact) mass is 285 g/mol. The van der Waals surface area contributed by atoms with Crippen LogP contribution >= 0.6 is 0 Å². The lowest BCUT2D eigenvalue weighted by molar-refractivity contribution is -0.124. The van der Waals surface area contributed by atoms with Crippen LogP contribution in [0.5, 0.6) is 0 Å². The van der Waals surface area contributed by atoms with Crippen LogP contribution in [-0.4, -0.2) is 42.5 Å². The van der Waals surface area contributed by atoms with Gasteiger partial charge in [0.05, 0.1) is 0 Å². The van der Waals surface area contributed by atoms with Crippen molar-refractivity contribution in [2.24, 2.45) is 0 Å². The average Bonchev–Trinajstić information content (AvgIpc) is 3.27. The van der Waals surface area contributed by atoms with Gasteiger partial charge in [0.1, 0.15) is 6.04 Å². The molecule has 1 aliphatic carbocycles. The Kier molecular flexibility index (Phi) is 3.43. The summed E-state index contributed by atoms with van der Waals surface area (Å²) in [6.07, 6.45) is 4.80. The number of hydrogen-bond donors (Lipinski definition) is 2. The van der Waals surface area contributed by atoms with Crippen LogP contribution < -0.4 is 10.6 Å². The Morgan fingerprint density at radius 1 is 1.24 bits per heavy atom. The summed E-state index contributed by atoms with van der Waals surface area (Å²) in [6, 6.07) is 9.26. The van der Waals surface area contributed by atoms with Gasteiger partial charge in [-0.15, -0.1) is 0 Å². The minimum Gasteiger partial charge on any atom is -0.350 e. The quantitative estimate of drug-likeness (QED) is 0.878. The molecule has 4 heteroatoms. The fourth-order valence-electron chi connectivity index (χ4n) is 3.70. The lowest BCUT2D eigenvalue weighted by Gasteiger charge is -2.27. The smallest absolute Gasteiger partial charge is 0.242 e. The molecule has 1 amide bonds. The van der Waals surface area contributed by atoms with Gasteiger partial charge in [-0.3, -0.25) is 9.69 Å². The second kappa shape index (κ2) is 5.43. The largest absolute Gasteiger partial charge is 0.350 e. The number of carbonyl (C=O) groups is 1. The molecule has 1 aromatic rings. The van der Waals surface area contributed by atoms with Crippen LogP contribution in [0.4, 0.5) is 0 Å². The van der Waals surface area contributed by atoms with E-state index in [-0.39, 0.29) is 11.9 Å². The highest BCUT2D eigenvalue weighted by Crippen LogP contribution is 2.30. The van der Waals surface area contributed by atoms with Crippen molar-refractivity contribution < 1.29 is 4.79 Å². The van der Waals surface area contributed by atoms with E-state index in [9.17, 15) is 4.79 Å². The predicted octanol–water partition coefficient (Wildman–Crippen LogP) is 1.23. The number of rotatable bonds is 3. The van der Waals surface area contributed by atoms with Crippen LogP contribution in [-0.2, 0) is 11.2 Å². The molecule has 3 aliphatic rings. The van der Waals surface area contributed by atoms with Crippen molar-refractivity contribution >= 4 is 5.91 Å². The summed E-state index contributed by atoms with van der Waals surface area (Å²) in [6.45, 7) is 3.06. The van der Waals surface area contributed by atoms with E-state index in [1.807, 2.05) is 6.07 Å². The number of amides is 1. The molecule has 4 rings (SSSR count). The highest BCUT2D eigenvalue weighted by atomic mass is 16.2. The Bertz CT molecular complexity index is 541. The van der Waals surface area contributed by atoms with Crippen molar-refractivity contribution in [3.05, 3.63) is 35.4 Å². The molecule has 2 heterocycles. The highest BCUT2D eigenvalue weighted by Gasteiger charge is 2.36. The van der Waals surface area contributed by atoms with Crippen LogP contribution in [0.25, 0.3) is 0 Å². The van der Waals surface area contributed by atoms with Crippen LogP contribution in [0, 0.1) is 0 Å². The molecule has 0 aromatic heterocycles. The summed E-state index contributed by atoms with van der Waals surface area (Å²) in [4.78, 5) is 15.2. The van der Waals surface area contributed by atoms with Gasteiger partial charge in [0, 0.05) is 31.7 Å². The van der Waals surface area contributed by atoms with Gasteiger partial charge in [0.25, 0.3) is 0 Å². The summed E-state index contributed by atoms with van der Waals surface area (Å²) in [7, 11) is 0. The number of benzene rings is 1. The van der Waals surface area contributed by atoms with E-state index >= 15 is 0 Å². The number of carbonyl (C=O) groups excluding carboxylic acids is 1. The van der Waals surface area contributed by atoms with Crippen molar-refractivity contribution in [3.63, 3.8) is 0 Å². The van der Waals surface area contributed by atoms with E-state index in [2.05, 4.69) is 33.7 Å². The number of hydrogen-bond acceptors (Lipinski definition) is 3. The molecule has 0 bridgehead atoms. The summed E-state index contributed by atoms with van der Waals surface area (Å²) in [5.74, 6) is 0.143. The van der Waals surface area contributed by atoms with Crippen LogP contribution in [0.2, 0.25) is 0 Å². The Balaban J connectivity index is 1.41. The van der Waals surface area contributed by atoms with Crippen molar-refractivity contribution in [2.45, 2.75) is 43.8 Å². The van der Waals surface area contributed by atoms with Crippen molar-refractivity contribution in [1.29, 1.82) is 0 Å². The molecular weight excluding hydrogens is 262 g/mol. The third-order valence-electron chi connectivity index (χ3n) is 5.00.